The highest BCUT2D eigenvalue weighted by Gasteiger charge is 2.71. The topological polar surface area (TPSA) is 228 Å². The summed E-state index contributed by atoms with van der Waals surface area (Å²) in [6, 6.07) is 0. The maximum Gasteiger partial charge on any atom is 0.187 e. The van der Waals surface area contributed by atoms with Gasteiger partial charge in [0.05, 0.1) is 31.5 Å². The van der Waals surface area contributed by atoms with Crippen molar-refractivity contribution in [1.82, 2.24) is 0 Å². The van der Waals surface area contributed by atoms with Crippen LogP contribution in [0, 0.1) is 52.3 Å². The lowest BCUT2D eigenvalue weighted by atomic mass is 9.44. The van der Waals surface area contributed by atoms with Crippen LogP contribution < -0.4 is 0 Å². The number of hydrogen-bond acceptors (Lipinski definition) is 14. The average molecular weight is 759 g/mol. The Kier molecular flexibility index (Phi) is 11.5. The minimum Gasteiger partial charge on any atom is -0.394 e. The molecule has 2 unspecified atom stereocenters. The van der Waals surface area contributed by atoms with Crippen LogP contribution in [0.2, 0.25) is 0 Å². The molecule has 3 saturated heterocycles. The van der Waals surface area contributed by atoms with E-state index in [1.165, 1.54) is 0 Å². The van der Waals surface area contributed by atoms with Crippen LogP contribution in [-0.2, 0) is 23.7 Å². The van der Waals surface area contributed by atoms with Gasteiger partial charge in [0, 0.05) is 18.3 Å². The van der Waals surface area contributed by atoms with Crippen molar-refractivity contribution in [3.8, 4) is 0 Å². The molecule has 0 aromatic carbocycles. The number of fused-ring (bicyclic) bond motifs is 7. The molecule has 4 saturated carbocycles. The third-order valence-corrected chi connectivity index (χ3v) is 15.7. The molecule has 7 rings (SSSR count). The van der Waals surface area contributed by atoms with Gasteiger partial charge in [0.15, 0.2) is 18.4 Å². The Bertz CT molecular complexity index is 1270. The maximum atomic E-state index is 12.0. The van der Waals surface area contributed by atoms with Crippen molar-refractivity contribution in [2.45, 2.75) is 178 Å². The van der Waals surface area contributed by atoms with E-state index in [9.17, 15) is 46.0 Å². The minimum absolute atomic E-state index is 0.00892. The SMILES string of the molecule is CC(C)CCC1(O)O[C@H]2C(O)[C@H]3[C@@H]4CC[C@@H]5C[C@@H](O[C@@H]6O[C@H](CO)[C@H](O)[C@H](O)[C@H]6O[C@@H]6O[C@H](CO)[C@@H](O)[C@H](O)[C@H]6O)CC[C@]5(C)[C@H]4CC[C@]3(C)[C@H]2[C@@H]1C. The van der Waals surface area contributed by atoms with E-state index in [1.54, 1.807) is 0 Å². The van der Waals surface area contributed by atoms with Gasteiger partial charge in [-0.2, -0.15) is 0 Å². The van der Waals surface area contributed by atoms with E-state index in [-0.39, 0.29) is 40.8 Å². The molecule has 0 aromatic rings. The molecular weight excluding hydrogens is 692 g/mol. The van der Waals surface area contributed by atoms with Crippen LogP contribution >= 0.6 is 0 Å². The summed E-state index contributed by atoms with van der Waals surface area (Å²) in [6.07, 6.45) is -8.50. The van der Waals surface area contributed by atoms with E-state index in [4.69, 9.17) is 23.7 Å². The Labute approximate surface area is 312 Å². The summed E-state index contributed by atoms with van der Waals surface area (Å²) in [7, 11) is 0. The number of ether oxygens (including phenoxy) is 5. The largest absolute Gasteiger partial charge is 0.394 e. The molecular formula is C39H66O14. The van der Waals surface area contributed by atoms with Gasteiger partial charge in [0.2, 0.25) is 0 Å². The third-order valence-electron chi connectivity index (χ3n) is 15.7. The van der Waals surface area contributed by atoms with Gasteiger partial charge < -0.3 is 69.6 Å². The fourth-order valence-electron chi connectivity index (χ4n) is 12.7. The molecule has 22 atom stereocenters. The lowest BCUT2D eigenvalue weighted by molar-refractivity contribution is -0.373. The monoisotopic (exact) mass is 758 g/mol. The molecule has 0 radical (unpaired) electrons. The van der Waals surface area contributed by atoms with E-state index in [0.717, 1.165) is 38.5 Å². The highest BCUT2D eigenvalue weighted by Crippen LogP contribution is 2.71. The smallest absolute Gasteiger partial charge is 0.187 e. The zero-order chi connectivity index (χ0) is 38.4. The summed E-state index contributed by atoms with van der Waals surface area (Å²) in [4.78, 5) is 0. The molecule has 7 fully saturated rings. The van der Waals surface area contributed by atoms with Gasteiger partial charge >= 0.3 is 0 Å². The average Bonchev–Trinajstić information content (AvgIpc) is 3.52. The van der Waals surface area contributed by atoms with Gasteiger partial charge in [0.25, 0.3) is 0 Å². The van der Waals surface area contributed by atoms with Crippen molar-refractivity contribution in [2.75, 3.05) is 13.2 Å². The molecule has 14 nitrogen and oxygen atoms in total. The molecule has 7 aliphatic rings. The third kappa shape index (κ3) is 6.66. The molecule has 0 bridgehead atoms. The van der Waals surface area contributed by atoms with Gasteiger partial charge in [-0.05, 0) is 91.8 Å². The Morgan fingerprint density at radius 3 is 2.02 bits per heavy atom. The fourth-order valence-corrected chi connectivity index (χ4v) is 12.7. The standard InChI is InChI=1S/C39H66O14/c1-17(2)8-13-39(48)18(3)25-33(53-39)29(44)26-21-7-6-19-14-20(9-11-37(19,4)22(21)10-12-38(25,26)5)49-36-34(31(46)28(43)24(16-41)51-36)52-35-32(47)30(45)27(42)23(15-40)50-35/h17-36,40-48H,6-16H2,1-5H3/t18-,19+,20-,21+,22-,23+,24+,25-,26+,27+,28-,29?,30-,31-,32+,33+,34+,35-,36+,37-,38+,39?/m0/s1. The van der Waals surface area contributed by atoms with Crippen LogP contribution in [0.5, 0.6) is 0 Å². The Hall–Kier alpha value is -0.560. The zero-order valence-corrected chi connectivity index (χ0v) is 31.9. The van der Waals surface area contributed by atoms with E-state index < -0.39 is 86.5 Å². The minimum atomic E-state index is -1.74. The second-order valence-corrected chi connectivity index (χ2v) is 18.8. The molecule has 0 amide bonds. The predicted octanol–water partition coefficient (Wildman–Crippen LogP) is 0.395. The van der Waals surface area contributed by atoms with E-state index >= 15 is 0 Å². The first kappa shape index (κ1) is 40.6. The molecule has 3 heterocycles. The number of hydrogen-bond donors (Lipinski definition) is 9. The number of aliphatic hydroxyl groups excluding tert-OH is 8. The van der Waals surface area contributed by atoms with Crippen LogP contribution in [0.1, 0.15) is 92.4 Å². The lowest BCUT2D eigenvalue weighted by Crippen LogP contribution is -2.65. The van der Waals surface area contributed by atoms with Gasteiger partial charge in [-0.3, -0.25) is 0 Å². The van der Waals surface area contributed by atoms with Crippen molar-refractivity contribution in [3.05, 3.63) is 0 Å². The van der Waals surface area contributed by atoms with Crippen molar-refractivity contribution in [2.24, 2.45) is 52.3 Å². The van der Waals surface area contributed by atoms with Gasteiger partial charge in [-0.15, -0.1) is 0 Å². The Morgan fingerprint density at radius 2 is 1.36 bits per heavy atom. The van der Waals surface area contributed by atoms with Crippen LogP contribution in [0.25, 0.3) is 0 Å². The van der Waals surface area contributed by atoms with Crippen LogP contribution in [0.4, 0.5) is 0 Å². The summed E-state index contributed by atoms with van der Waals surface area (Å²) in [5.41, 5.74) is -0.117. The van der Waals surface area contributed by atoms with Gasteiger partial charge in [-0.25, -0.2) is 0 Å². The van der Waals surface area contributed by atoms with E-state index in [2.05, 4.69) is 34.6 Å². The number of aliphatic hydroxyl groups is 9. The Morgan fingerprint density at radius 1 is 0.717 bits per heavy atom. The quantitative estimate of drug-likeness (QED) is 0.145. The fraction of sp³-hybridized carbons (Fsp3) is 1.00. The maximum absolute atomic E-state index is 12.0. The van der Waals surface area contributed by atoms with Crippen molar-refractivity contribution >= 4 is 0 Å². The predicted molar refractivity (Wildman–Crippen MR) is 186 cm³/mol. The Balaban J connectivity index is 1.04. The summed E-state index contributed by atoms with van der Waals surface area (Å²) in [6.45, 7) is 9.90. The molecule has 0 spiro atoms. The highest BCUT2D eigenvalue weighted by atomic mass is 16.8. The second kappa shape index (κ2) is 15.0. The van der Waals surface area contributed by atoms with E-state index in [0.29, 0.717) is 42.9 Å². The summed E-state index contributed by atoms with van der Waals surface area (Å²) in [5, 5.41) is 96.3. The highest BCUT2D eigenvalue weighted by molar-refractivity contribution is 5.18. The van der Waals surface area contributed by atoms with Crippen LogP contribution in [0.3, 0.4) is 0 Å². The molecule has 306 valence electrons. The normalized spacial score (nSPS) is 56.8. The molecule has 3 aliphatic heterocycles. The summed E-state index contributed by atoms with van der Waals surface area (Å²) >= 11 is 0. The molecule has 14 heteroatoms. The first-order valence-electron chi connectivity index (χ1n) is 20.3. The van der Waals surface area contributed by atoms with Gasteiger partial charge in [-0.1, -0.05) is 34.6 Å². The van der Waals surface area contributed by atoms with E-state index in [1.807, 2.05) is 0 Å². The summed E-state index contributed by atoms with van der Waals surface area (Å²) in [5.74, 6) is 0.445. The van der Waals surface area contributed by atoms with Crippen molar-refractivity contribution in [3.63, 3.8) is 0 Å². The second-order valence-electron chi connectivity index (χ2n) is 18.8. The van der Waals surface area contributed by atoms with Gasteiger partial charge in [0.1, 0.15) is 48.8 Å². The summed E-state index contributed by atoms with van der Waals surface area (Å²) < 4.78 is 30.4. The molecule has 9 N–H and O–H groups in total. The zero-order valence-electron chi connectivity index (χ0n) is 31.9. The van der Waals surface area contributed by atoms with Crippen LogP contribution in [-0.4, -0.2) is 145 Å². The molecule has 53 heavy (non-hydrogen) atoms. The molecule has 0 aromatic heterocycles. The first-order valence-corrected chi connectivity index (χ1v) is 20.3. The first-order chi connectivity index (χ1) is 25.0. The van der Waals surface area contributed by atoms with Crippen molar-refractivity contribution in [1.29, 1.82) is 0 Å². The lowest BCUT2D eigenvalue weighted by Gasteiger charge is -2.61. The number of rotatable bonds is 9. The molecule has 4 aliphatic carbocycles. The van der Waals surface area contributed by atoms with Crippen LogP contribution in [0.15, 0.2) is 0 Å². The van der Waals surface area contributed by atoms with Crippen molar-refractivity contribution < 1.29 is 69.6 Å².